The number of amides is 1. The highest BCUT2D eigenvalue weighted by Crippen LogP contribution is 2.45. The molecule has 4 rings (SSSR count). The summed E-state index contributed by atoms with van der Waals surface area (Å²) in [5.74, 6) is -0.892. The Bertz CT molecular complexity index is 791. The van der Waals surface area contributed by atoms with Gasteiger partial charge in [-0.3, -0.25) is 9.59 Å². The summed E-state index contributed by atoms with van der Waals surface area (Å²) in [6, 6.07) is 16.3. The van der Waals surface area contributed by atoms with Crippen molar-refractivity contribution in [2.24, 2.45) is 5.41 Å². The van der Waals surface area contributed by atoms with E-state index in [-0.39, 0.29) is 12.3 Å². The van der Waals surface area contributed by atoms with E-state index in [2.05, 4.69) is 12.1 Å². The number of hydrogen-bond acceptors (Lipinski definition) is 2. The van der Waals surface area contributed by atoms with Gasteiger partial charge in [-0.15, -0.1) is 0 Å². The van der Waals surface area contributed by atoms with E-state index in [0.717, 1.165) is 28.7 Å². The minimum Gasteiger partial charge on any atom is -0.481 e. The molecule has 4 heteroatoms. The van der Waals surface area contributed by atoms with Gasteiger partial charge in [0.05, 0.1) is 5.41 Å². The molecule has 128 valence electrons. The van der Waals surface area contributed by atoms with Crippen molar-refractivity contribution in [3.05, 3.63) is 59.7 Å². The zero-order valence-electron chi connectivity index (χ0n) is 14.1. The summed E-state index contributed by atoms with van der Waals surface area (Å²) < 4.78 is 0. The number of carbonyl (C=O) groups is 2. The van der Waals surface area contributed by atoms with Crippen LogP contribution in [-0.2, 0) is 22.7 Å². The molecule has 0 bridgehead atoms. The van der Waals surface area contributed by atoms with E-state index in [0.29, 0.717) is 25.9 Å². The number of rotatable bonds is 3. The van der Waals surface area contributed by atoms with Crippen LogP contribution in [0.1, 0.15) is 36.8 Å². The Morgan fingerprint density at radius 3 is 1.88 bits per heavy atom. The summed E-state index contributed by atoms with van der Waals surface area (Å²) in [6.45, 7) is 1.05. The first-order valence-electron chi connectivity index (χ1n) is 8.76. The molecule has 2 aliphatic rings. The van der Waals surface area contributed by atoms with E-state index in [9.17, 15) is 14.7 Å². The first kappa shape index (κ1) is 15.9. The van der Waals surface area contributed by atoms with Gasteiger partial charge in [0.2, 0.25) is 5.91 Å². The largest absolute Gasteiger partial charge is 0.481 e. The van der Waals surface area contributed by atoms with Crippen molar-refractivity contribution in [3.8, 4) is 11.1 Å². The van der Waals surface area contributed by atoms with Gasteiger partial charge in [0.25, 0.3) is 0 Å². The molecule has 1 fully saturated rings. The van der Waals surface area contributed by atoms with E-state index in [1.807, 2.05) is 41.3 Å². The summed E-state index contributed by atoms with van der Waals surface area (Å²) in [7, 11) is 0. The maximum Gasteiger partial charge on any atom is 0.310 e. The van der Waals surface area contributed by atoms with E-state index in [1.54, 1.807) is 0 Å². The van der Waals surface area contributed by atoms with Gasteiger partial charge in [0.1, 0.15) is 0 Å². The molecule has 0 unspecified atom stereocenters. The molecule has 1 amide bonds. The molecule has 25 heavy (non-hydrogen) atoms. The molecule has 0 atom stereocenters. The lowest BCUT2D eigenvalue weighted by atomic mass is 9.66. The third-order valence-corrected chi connectivity index (χ3v) is 5.65. The van der Waals surface area contributed by atoms with Crippen LogP contribution >= 0.6 is 0 Å². The van der Waals surface area contributed by atoms with Crippen LogP contribution in [0, 0.1) is 5.41 Å². The first-order chi connectivity index (χ1) is 12.1. The Hall–Kier alpha value is -2.62. The second-order valence-corrected chi connectivity index (χ2v) is 7.18. The Balaban J connectivity index is 1.66. The van der Waals surface area contributed by atoms with Gasteiger partial charge < -0.3 is 10.0 Å². The van der Waals surface area contributed by atoms with Crippen molar-refractivity contribution < 1.29 is 14.7 Å². The SMILES string of the molecule is O=C(CC1(C(=O)O)CCC1)N1Cc2ccccc2-c2ccccc2C1. The van der Waals surface area contributed by atoms with Gasteiger partial charge in [-0.2, -0.15) is 0 Å². The lowest BCUT2D eigenvalue weighted by molar-refractivity contribution is -0.159. The van der Waals surface area contributed by atoms with Crippen LogP contribution in [0.15, 0.2) is 48.5 Å². The lowest BCUT2D eigenvalue weighted by Crippen LogP contribution is -2.43. The molecule has 1 heterocycles. The molecule has 0 radical (unpaired) electrons. The fourth-order valence-corrected chi connectivity index (χ4v) is 3.96. The Morgan fingerprint density at radius 2 is 1.44 bits per heavy atom. The van der Waals surface area contributed by atoms with Gasteiger partial charge in [0, 0.05) is 19.5 Å². The Morgan fingerprint density at radius 1 is 0.920 bits per heavy atom. The molecule has 2 aromatic carbocycles. The van der Waals surface area contributed by atoms with Crippen molar-refractivity contribution in [2.45, 2.75) is 38.8 Å². The molecule has 1 N–H and O–H groups in total. The third kappa shape index (κ3) is 2.72. The van der Waals surface area contributed by atoms with Gasteiger partial charge in [0.15, 0.2) is 0 Å². The monoisotopic (exact) mass is 335 g/mol. The maximum atomic E-state index is 12.9. The summed E-state index contributed by atoms with van der Waals surface area (Å²) in [6.07, 6.45) is 2.21. The molecule has 4 nitrogen and oxygen atoms in total. The maximum absolute atomic E-state index is 12.9. The number of nitrogens with zero attached hydrogens (tertiary/aromatic N) is 1. The zero-order chi connectivity index (χ0) is 17.4. The number of carbonyl (C=O) groups excluding carboxylic acids is 1. The van der Waals surface area contributed by atoms with Crippen LogP contribution < -0.4 is 0 Å². The summed E-state index contributed by atoms with van der Waals surface area (Å²) in [4.78, 5) is 26.4. The fraction of sp³-hybridized carbons (Fsp3) is 0.333. The Kier molecular flexibility index (Phi) is 3.83. The predicted molar refractivity (Wildman–Crippen MR) is 94.7 cm³/mol. The van der Waals surface area contributed by atoms with Crippen LogP contribution in [0.25, 0.3) is 11.1 Å². The minimum atomic E-state index is -0.845. The van der Waals surface area contributed by atoms with Crippen molar-refractivity contribution >= 4 is 11.9 Å². The van der Waals surface area contributed by atoms with Crippen LogP contribution in [0.4, 0.5) is 0 Å². The van der Waals surface area contributed by atoms with E-state index < -0.39 is 11.4 Å². The van der Waals surface area contributed by atoms with Crippen molar-refractivity contribution in [1.82, 2.24) is 4.90 Å². The minimum absolute atomic E-state index is 0.0615. The van der Waals surface area contributed by atoms with Crippen molar-refractivity contribution in [3.63, 3.8) is 0 Å². The van der Waals surface area contributed by atoms with Gasteiger partial charge >= 0.3 is 5.97 Å². The molecule has 2 aromatic rings. The van der Waals surface area contributed by atoms with E-state index in [1.165, 1.54) is 0 Å². The van der Waals surface area contributed by atoms with Crippen molar-refractivity contribution in [1.29, 1.82) is 0 Å². The molecule has 1 aliphatic carbocycles. The van der Waals surface area contributed by atoms with Gasteiger partial charge in [-0.05, 0) is 35.1 Å². The highest BCUT2D eigenvalue weighted by atomic mass is 16.4. The topological polar surface area (TPSA) is 57.6 Å². The summed E-state index contributed by atoms with van der Waals surface area (Å²) >= 11 is 0. The van der Waals surface area contributed by atoms with E-state index in [4.69, 9.17) is 0 Å². The van der Waals surface area contributed by atoms with E-state index >= 15 is 0 Å². The number of aliphatic carboxylic acids is 1. The third-order valence-electron chi connectivity index (χ3n) is 5.65. The van der Waals surface area contributed by atoms with Crippen LogP contribution in [0.2, 0.25) is 0 Å². The smallest absolute Gasteiger partial charge is 0.310 e. The molecule has 1 aliphatic heterocycles. The van der Waals surface area contributed by atoms with Gasteiger partial charge in [-0.1, -0.05) is 55.0 Å². The normalized spacial score (nSPS) is 17.7. The predicted octanol–water partition coefficient (Wildman–Crippen LogP) is 3.84. The number of benzene rings is 2. The summed E-state index contributed by atoms with van der Waals surface area (Å²) in [5, 5.41) is 9.53. The molecule has 0 spiro atoms. The van der Waals surface area contributed by atoms with Crippen LogP contribution in [-0.4, -0.2) is 21.9 Å². The zero-order valence-corrected chi connectivity index (χ0v) is 14.1. The summed E-state index contributed by atoms with van der Waals surface area (Å²) in [5.41, 5.74) is 3.69. The van der Waals surface area contributed by atoms with Crippen molar-refractivity contribution in [2.75, 3.05) is 0 Å². The second-order valence-electron chi connectivity index (χ2n) is 7.18. The lowest BCUT2D eigenvalue weighted by Gasteiger charge is -2.38. The van der Waals surface area contributed by atoms with Crippen LogP contribution in [0.5, 0.6) is 0 Å². The number of carboxylic acid groups (broad SMARTS) is 1. The standard InChI is InChI=1S/C21H21NO3/c23-19(12-21(20(24)25)10-5-11-21)22-13-15-6-1-3-8-17(15)18-9-4-2-7-16(18)14-22/h1-4,6-9H,5,10-14H2,(H,24,25). The highest BCUT2D eigenvalue weighted by Gasteiger charge is 2.46. The van der Waals surface area contributed by atoms with Gasteiger partial charge in [-0.25, -0.2) is 0 Å². The fourth-order valence-electron chi connectivity index (χ4n) is 3.96. The molecular formula is C21H21NO3. The average Bonchev–Trinajstić information content (AvgIpc) is 2.74. The van der Waals surface area contributed by atoms with Crippen LogP contribution in [0.3, 0.4) is 0 Å². The average molecular weight is 335 g/mol. The molecule has 0 saturated heterocycles. The molecular weight excluding hydrogens is 314 g/mol. The quantitative estimate of drug-likeness (QED) is 0.927. The molecule has 1 saturated carbocycles. The Labute approximate surface area is 147 Å². The molecule has 0 aromatic heterocycles. The number of carboxylic acids is 1. The highest BCUT2D eigenvalue weighted by molar-refractivity contribution is 5.86. The number of hydrogen-bond donors (Lipinski definition) is 1. The second kappa shape index (κ2) is 6.03. The first-order valence-corrected chi connectivity index (χ1v) is 8.76. The number of fused-ring (bicyclic) bond motifs is 3.